The highest BCUT2D eigenvalue weighted by molar-refractivity contribution is 6.32. The third-order valence-electron chi connectivity index (χ3n) is 4.48. The maximum atomic E-state index is 12.7. The van der Waals surface area contributed by atoms with Crippen molar-refractivity contribution in [2.24, 2.45) is 0 Å². The van der Waals surface area contributed by atoms with Gasteiger partial charge in [0, 0.05) is 29.5 Å². The molecule has 8 heteroatoms. The lowest BCUT2D eigenvalue weighted by molar-refractivity contribution is -0.114. The Morgan fingerprint density at radius 2 is 1.86 bits per heavy atom. The van der Waals surface area contributed by atoms with E-state index in [4.69, 9.17) is 27.9 Å². The van der Waals surface area contributed by atoms with E-state index in [1.54, 1.807) is 36.4 Å². The van der Waals surface area contributed by atoms with E-state index in [9.17, 15) is 9.59 Å². The Morgan fingerprint density at radius 1 is 1.11 bits per heavy atom. The molecule has 1 aliphatic heterocycles. The smallest absolute Gasteiger partial charge is 0.255 e. The second kappa shape index (κ2) is 9.17. The van der Waals surface area contributed by atoms with Crippen molar-refractivity contribution in [3.05, 3.63) is 52.0 Å². The van der Waals surface area contributed by atoms with Gasteiger partial charge in [0.25, 0.3) is 5.91 Å². The lowest BCUT2D eigenvalue weighted by Crippen LogP contribution is -2.29. The van der Waals surface area contributed by atoms with Crippen LogP contribution in [0.3, 0.4) is 0 Å². The molecule has 1 saturated heterocycles. The minimum atomic E-state index is -0.277. The number of nitrogens with zero attached hydrogens (tertiary/aromatic N) is 1. The van der Waals surface area contributed by atoms with Crippen molar-refractivity contribution in [2.45, 2.75) is 12.8 Å². The van der Waals surface area contributed by atoms with Gasteiger partial charge in [0.2, 0.25) is 5.91 Å². The van der Waals surface area contributed by atoms with Crippen LogP contribution in [-0.2, 0) is 4.79 Å². The number of nitrogens with one attached hydrogen (secondary N) is 2. The van der Waals surface area contributed by atoms with Crippen LogP contribution < -0.4 is 15.4 Å². The highest BCUT2D eigenvalue weighted by atomic mass is 35.5. The summed E-state index contributed by atoms with van der Waals surface area (Å²) in [6.45, 7) is 1.48. The molecule has 0 aromatic heterocycles. The predicted molar refractivity (Wildman–Crippen MR) is 112 cm³/mol. The Labute approximate surface area is 173 Å². The van der Waals surface area contributed by atoms with Crippen molar-refractivity contribution >= 4 is 46.4 Å². The van der Waals surface area contributed by atoms with Crippen molar-refractivity contribution in [1.29, 1.82) is 0 Å². The Morgan fingerprint density at radius 3 is 2.54 bits per heavy atom. The number of carbonyl (C=O) groups is 2. The molecule has 0 bridgehead atoms. The largest absolute Gasteiger partial charge is 0.495 e. The molecular formula is C20H21Cl2N3O3. The summed E-state index contributed by atoms with van der Waals surface area (Å²) in [4.78, 5) is 26.8. The Hall–Kier alpha value is -2.44. The number of ether oxygens (including phenoxy) is 1. The van der Waals surface area contributed by atoms with Gasteiger partial charge in [0.1, 0.15) is 5.75 Å². The molecule has 1 aliphatic rings. The summed E-state index contributed by atoms with van der Waals surface area (Å²) in [5.74, 6) is 0.196. The molecular weight excluding hydrogens is 401 g/mol. The Kier molecular flexibility index (Phi) is 6.65. The Balaban J connectivity index is 1.66. The van der Waals surface area contributed by atoms with Crippen molar-refractivity contribution in [2.75, 3.05) is 37.4 Å². The van der Waals surface area contributed by atoms with Crippen LogP contribution in [0.1, 0.15) is 23.2 Å². The predicted octanol–water partition coefficient (Wildman–Crippen LogP) is 4.29. The summed E-state index contributed by atoms with van der Waals surface area (Å²) >= 11 is 12.2. The van der Waals surface area contributed by atoms with Crippen LogP contribution in [0.25, 0.3) is 0 Å². The first-order valence-corrected chi connectivity index (χ1v) is 9.69. The molecule has 0 radical (unpaired) electrons. The minimum absolute atomic E-state index is 0.0235. The van der Waals surface area contributed by atoms with Crippen molar-refractivity contribution in [3.8, 4) is 5.75 Å². The van der Waals surface area contributed by atoms with E-state index in [0.29, 0.717) is 32.7 Å². The van der Waals surface area contributed by atoms with Crippen LogP contribution in [0.15, 0.2) is 36.4 Å². The number of anilines is 2. The van der Waals surface area contributed by atoms with E-state index in [2.05, 4.69) is 10.6 Å². The molecule has 2 aromatic rings. The molecule has 2 amide bonds. The Bertz CT molecular complexity index is 883. The molecule has 3 rings (SSSR count). The van der Waals surface area contributed by atoms with Crippen LogP contribution in [-0.4, -0.2) is 43.5 Å². The van der Waals surface area contributed by atoms with Crippen molar-refractivity contribution in [3.63, 3.8) is 0 Å². The normalized spacial score (nSPS) is 13.3. The first-order valence-electron chi connectivity index (χ1n) is 8.94. The molecule has 2 N–H and O–H groups in total. The molecule has 0 atom stereocenters. The van der Waals surface area contributed by atoms with E-state index >= 15 is 0 Å². The number of hydrogen-bond donors (Lipinski definition) is 2. The molecule has 0 saturated carbocycles. The molecule has 0 aliphatic carbocycles. The van der Waals surface area contributed by atoms with Crippen LogP contribution in [0, 0.1) is 0 Å². The first-order chi connectivity index (χ1) is 13.5. The van der Waals surface area contributed by atoms with E-state index in [0.717, 1.165) is 25.9 Å². The minimum Gasteiger partial charge on any atom is -0.495 e. The summed E-state index contributed by atoms with van der Waals surface area (Å²) in [7, 11) is 1.52. The van der Waals surface area contributed by atoms with Gasteiger partial charge >= 0.3 is 0 Å². The number of methoxy groups -OCH3 is 1. The molecule has 28 heavy (non-hydrogen) atoms. The standard InChI is InChI=1S/C20H21Cl2N3O3/c1-28-18-7-5-14(11-16(18)22)24-19(26)12-23-17-10-13(21)4-6-15(17)20(27)25-8-2-3-9-25/h4-7,10-11,23H,2-3,8-9,12H2,1H3,(H,24,26). The van der Waals surface area contributed by atoms with Crippen LogP contribution in [0.2, 0.25) is 10.0 Å². The molecule has 0 spiro atoms. The number of benzene rings is 2. The van der Waals surface area contributed by atoms with Crippen molar-refractivity contribution < 1.29 is 14.3 Å². The maximum absolute atomic E-state index is 12.7. The molecule has 1 fully saturated rings. The average molecular weight is 422 g/mol. The van der Waals surface area contributed by atoms with Crippen LogP contribution in [0.4, 0.5) is 11.4 Å². The maximum Gasteiger partial charge on any atom is 0.255 e. The van der Waals surface area contributed by atoms with Gasteiger partial charge in [-0.2, -0.15) is 0 Å². The summed E-state index contributed by atoms with van der Waals surface area (Å²) in [5, 5.41) is 6.66. The zero-order chi connectivity index (χ0) is 20.1. The summed E-state index contributed by atoms with van der Waals surface area (Å²) < 4.78 is 5.09. The highest BCUT2D eigenvalue weighted by Crippen LogP contribution is 2.27. The lowest BCUT2D eigenvalue weighted by Gasteiger charge is -2.18. The van der Waals surface area contributed by atoms with Gasteiger partial charge in [0.05, 0.1) is 24.2 Å². The summed E-state index contributed by atoms with van der Waals surface area (Å²) in [6, 6.07) is 10.0. The number of carbonyl (C=O) groups excluding carboxylic acids is 2. The first kappa shape index (κ1) is 20.3. The number of amides is 2. The van der Waals surface area contributed by atoms with Gasteiger partial charge in [-0.25, -0.2) is 0 Å². The number of halogens is 2. The third-order valence-corrected chi connectivity index (χ3v) is 5.01. The van der Waals surface area contributed by atoms with Gasteiger partial charge in [-0.05, 0) is 49.2 Å². The highest BCUT2D eigenvalue weighted by Gasteiger charge is 2.22. The number of hydrogen-bond acceptors (Lipinski definition) is 4. The van der Waals surface area contributed by atoms with E-state index in [1.807, 2.05) is 4.90 Å². The zero-order valence-corrected chi connectivity index (χ0v) is 16.9. The average Bonchev–Trinajstić information content (AvgIpc) is 3.21. The second-order valence-corrected chi connectivity index (χ2v) is 7.28. The summed E-state index contributed by atoms with van der Waals surface area (Å²) in [5.41, 5.74) is 1.59. The fraction of sp³-hybridized carbons (Fsp3) is 0.300. The van der Waals surface area contributed by atoms with E-state index in [1.165, 1.54) is 7.11 Å². The molecule has 2 aromatic carbocycles. The van der Waals surface area contributed by atoms with E-state index < -0.39 is 0 Å². The van der Waals surface area contributed by atoms with Gasteiger partial charge in [-0.1, -0.05) is 23.2 Å². The molecule has 1 heterocycles. The SMILES string of the molecule is COc1ccc(NC(=O)CNc2cc(Cl)ccc2C(=O)N2CCCC2)cc1Cl. The lowest BCUT2D eigenvalue weighted by atomic mass is 10.1. The quantitative estimate of drug-likeness (QED) is 0.729. The second-order valence-electron chi connectivity index (χ2n) is 6.44. The van der Waals surface area contributed by atoms with Crippen molar-refractivity contribution in [1.82, 2.24) is 4.90 Å². The van der Waals surface area contributed by atoms with Crippen LogP contribution in [0.5, 0.6) is 5.75 Å². The molecule has 6 nitrogen and oxygen atoms in total. The van der Waals surface area contributed by atoms with Gasteiger partial charge in [-0.15, -0.1) is 0 Å². The number of rotatable bonds is 6. The monoisotopic (exact) mass is 421 g/mol. The van der Waals surface area contributed by atoms with Gasteiger partial charge < -0.3 is 20.3 Å². The fourth-order valence-corrected chi connectivity index (χ4v) is 3.49. The number of likely N-dealkylation sites (tertiary alicyclic amines) is 1. The van der Waals surface area contributed by atoms with Gasteiger partial charge in [-0.3, -0.25) is 9.59 Å². The fourth-order valence-electron chi connectivity index (χ4n) is 3.06. The zero-order valence-electron chi connectivity index (χ0n) is 15.4. The topological polar surface area (TPSA) is 70.7 Å². The third kappa shape index (κ3) is 4.88. The molecule has 148 valence electrons. The molecule has 0 unspecified atom stereocenters. The van der Waals surface area contributed by atoms with E-state index in [-0.39, 0.29) is 18.4 Å². The van der Waals surface area contributed by atoms with Gasteiger partial charge in [0.15, 0.2) is 0 Å². The van der Waals surface area contributed by atoms with Crippen LogP contribution >= 0.6 is 23.2 Å². The summed E-state index contributed by atoms with van der Waals surface area (Å²) in [6.07, 6.45) is 2.02.